The Kier molecular flexibility index (Phi) is 7.26. The fourth-order valence-electron chi connectivity index (χ4n) is 1.72. The Labute approximate surface area is 130 Å². The summed E-state index contributed by atoms with van der Waals surface area (Å²) < 4.78 is 23.1. The van der Waals surface area contributed by atoms with Crippen molar-refractivity contribution in [1.29, 1.82) is 0 Å². The Balaban J connectivity index is 2.69. The number of nitrogens with zero attached hydrogens (tertiary/aromatic N) is 1. The first-order chi connectivity index (χ1) is 9.38. The van der Waals surface area contributed by atoms with Crippen LogP contribution in [0.1, 0.15) is 12.5 Å². The van der Waals surface area contributed by atoms with E-state index in [9.17, 15) is 8.42 Å². The number of hydrogen-bond donors (Lipinski definition) is 1. The van der Waals surface area contributed by atoms with Crippen molar-refractivity contribution in [3.8, 4) is 0 Å². The van der Waals surface area contributed by atoms with E-state index >= 15 is 0 Å². The molecule has 7 heteroatoms. The van der Waals surface area contributed by atoms with Gasteiger partial charge in [-0.3, -0.25) is 4.90 Å². The van der Waals surface area contributed by atoms with Crippen LogP contribution in [0.15, 0.2) is 18.2 Å². The summed E-state index contributed by atoms with van der Waals surface area (Å²) in [4.78, 5) is 1.88. The minimum Gasteiger partial charge on any atom is -0.395 e. The number of sulfone groups is 1. The quantitative estimate of drug-likeness (QED) is 0.788. The average Bonchev–Trinajstić information content (AvgIpc) is 2.41. The lowest BCUT2D eigenvalue weighted by atomic mass is 10.2. The zero-order chi connectivity index (χ0) is 15.2. The molecule has 0 aliphatic rings. The van der Waals surface area contributed by atoms with Crippen LogP contribution in [-0.2, 0) is 16.4 Å². The SMILES string of the molecule is CCS(=O)(=O)CCN(CCO)Cc1ccc(Cl)c(Cl)c1. The highest BCUT2D eigenvalue weighted by molar-refractivity contribution is 7.91. The molecule has 0 unspecified atom stereocenters. The number of aliphatic hydroxyl groups is 1. The smallest absolute Gasteiger partial charge is 0.151 e. The van der Waals surface area contributed by atoms with E-state index in [1.807, 2.05) is 11.0 Å². The van der Waals surface area contributed by atoms with E-state index in [0.717, 1.165) is 5.56 Å². The van der Waals surface area contributed by atoms with E-state index < -0.39 is 9.84 Å². The van der Waals surface area contributed by atoms with Gasteiger partial charge >= 0.3 is 0 Å². The predicted octanol–water partition coefficient (Wildman–Crippen LogP) is 2.22. The van der Waals surface area contributed by atoms with Gasteiger partial charge in [0, 0.05) is 25.4 Å². The molecular weight excluding hydrogens is 321 g/mol. The van der Waals surface area contributed by atoms with Gasteiger partial charge in [0.1, 0.15) is 0 Å². The minimum atomic E-state index is -3.01. The second-order valence-corrected chi connectivity index (χ2v) is 7.77. The molecule has 0 aliphatic heterocycles. The molecule has 20 heavy (non-hydrogen) atoms. The Morgan fingerprint density at radius 1 is 1.20 bits per heavy atom. The highest BCUT2D eigenvalue weighted by atomic mass is 35.5. The van der Waals surface area contributed by atoms with Gasteiger partial charge in [-0.05, 0) is 17.7 Å². The molecule has 1 rings (SSSR count). The van der Waals surface area contributed by atoms with Gasteiger partial charge in [-0.15, -0.1) is 0 Å². The Hall–Kier alpha value is -0.330. The zero-order valence-corrected chi connectivity index (χ0v) is 13.7. The molecule has 0 atom stereocenters. The molecule has 0 radical (unpaired) electrons. The summed E-state index contributed by atoms with van der Waals surface area (Å²) in [6.45, 7) is 2.94. The fourth-order valence-corrected chi connectivity index (χ4v) is 2.87. The number of benzene rings is 1. The summed E-state index contributed by atoms with van der Waals surface area (Å²) in [6.07, 6.45) is 0. The van der Waals surface area contributed by atoms with E-state index in [0.29, 0.717) is 29.7 Å². The third kappa shape index (κ3) is 5.97. The van der Waals surface area contributed by atoms with Gasteiger partial charge in [0.05, 0.1) is 22.4 Å². The van der Waals surface area contributed by atoms with Gasteiger partial charge < -0.3 is 5.11 Å². The maximum atomic E-state index is 11.5. The topological polar surface area (TPSA) is 57.6 Å². The molecule has 0 spiro atoms. The average molecular weight is 340 g/mol. The van der Waals surface area contributed by atoms with E-state index in [1.165, 1.54) is 0 Å². The van der Waals surface area contributed by atoms with Crippen LogP contribution in [0, 0.1) is 0 Å². The van der Waals surface area contributed by atoms with E-state index in [2.05, 4.69) is 0 Å². The third-order valence-electron chi connectivity index (χ3n) is 2.96. The van der Waals surface area contributed by atoms with Crippen LogP contribution < -0.4 is 0 Å². The monoisotopic (exact) mass is 339 g/mol. The van der Waals surface area contributed by atoms with Crippen LogP contribution in [0.4, 0.5) is 0 Å². The fraction of sp³-hybridized carbons (Fsp3) is 0.538. The predicted molar refractivity (Wildman–Crippen MR) is 83.2 cm³/mol. The van der Waals surface area contributed by atoms with E-state index in [4.69, 9.17) is 28.3 Å². The maximum Gasteiger partial charge on any atom is 0.151 e. The lowest BCUT2D eigenvalue weighted by molar-refractivity contribution is 0.197. The Morgan fingerprint density at radius 2 is 1.90 bits per heavy atom. The van der Waals surface area contributed by atoms with Crippen molar-refractivity contribution in [2.75, 3.05) is 31.2 Å². The van der Waals surface area contributed by atoms with Crippen LogP contribution in [0.25, 0.3) is 0 Å². The van der Waals surface area contributed by atoms with E-state index in [1.54, 1.807) is 19.1 Å². The Bertz CT molecular complexity index is 534. The first-order valence-corrected chi connectivity index (χ1v) is 8.93. The summed E-state index contributed by atoms with van der Waals surface area (Å²) >= 11 is 11.8. The van der Waals surface area contributed by atoms with Crippen molar-refractivity contribution in [1.82, 2.24) is 4.90 Å². The summed E-state index contributed by atoms with van der Waals surface area (Å²) in [5, 5.41) is 10.0. The minimum absolute atomic E-state index is 0.0203. The third-order valence-corrected chi connectivity index (χ3v) is 5.39. The number of halogens is 2. The summed E-state index contributed by atoms with van der Waals surface area (Å²) in [5.41, 5.74) is 0.932. The van der Waals surface area contributed by atoms with Gasteiger partial charge in [0.15, 0.2) is 9.84 Å². The van der Waals surface area contributed by atoms with Gasteiger partial charge in [0.2, 0.25) is 0 Å². The molecule has 0 bridgehead atoms. The van der Waals surface area contributed by atoms with Gasteiger partial charge in [-0.2, -0.15) is 0 Å². The maximum absolute atomic E-state index is 11.5. The lowest BCUT2D eigenvalue weighted by Crippen LogP contribution is -2.32. The van der Waals surface area contributed by atoms with Crippen LogP contribution >= 0.6 is 23.2 Å². The van der Waals surface area contributed by atoms with Crippen LogP contribution in [0.3, 0.4) is 0 Å². The van der Waals surface area contributed by atoms with Crippen molar-refractivity contribution in [3.63, 3.8) is 0 Å². The van der Waals surface area contributed by atoms with Crippen molar-refractivity contribution < 1.29 is 13.5 Å². The normalized spacial score (nSPS) is 12.1. The highest BCUT2D eigenvalue weighted by Crippen LogP contribution is 2.23. The van der Waals surface area contributed by atoms with Crippen molar-refractivity contribution in [3.05, 3.63) is 33.8 Å². The van der Waals surface area contributed by atoms with Crippen molar-refractivity contribution in [2.24, 2.45) is 0 Å². The van der Waals surface area contributed by atoms with Gasteiger partial charge in [-0.25, -0.2) is 8.42 Å². The number of hydrogen-bond acceptors (Lipinski definition) is 4. The summed E-state index contributed by atoms with van der Waals surface area (Å²) in [7, 11) is -3.01. The standard InChI is InChI=1S/C13H19Cl2NO3S/c1-2-20(18,19)8-6-16(5-7-17)10-11-3-4-12(14)13(15)9-11/h3-4,9,17H,2,5-8,10H2,1H3. The molecule has 1 N–H and O–H groups in total. The van der Waals surface area contributed by atoms with Gasteiger partial charge in [-0.1, -0.05) is 36.2 Å². The first-order valence-electron chi connectivity index (χ1n) is 6.35. The molecule has 0 saturated heterocycles. The molecule has 4 nitrogen and oxygen atoms in total. The second kappa shape index (κ2) is 8.20. The Morgan fingerprint density at radius 3 is 2.45 bits per heavy atom. The van der Waals surface area contributed by atoms with Crippen LogP contribution in [-0.4, -0.2) is 49.6 Å². The molecule has 1 aromatic carbocycles. The molecule has 0 heterocycles. The molecule has 114 valence electrons. The zero-order valence-electron chi connectivity index (χ0n) is 11.3. The van der Waals surface area contributed by atoms with Crippen LogP contribution in [0.5, 0.6) is 0 Å². The molecule has 0 fully saturated rings. The highest BCUT2D eigenvalue weighted by Gasteiger charge is 2.12. The summed E-state index contributed by atoms with van der Waals surface area (Å²) in [5.74, 6) is 0.220. The molecule has 0 saturated carbocycles. The van der Waals surface area contributed by atoms with E-state index in [-0.39, 0.29) is 18.1 Å². The second-order valence-electron chi connectivity index (χ2n) is 4.48. The number of aliphatic hydroxyl groups excluding tert-OH is 1. The molecular formula is C13H19Cl2NO3S. The largest absolute Gasteiger partial charge is 0.395 e. The van der Waals surface area contributed by atoms with Crippen molar-refractivity contribution >= 4 is 33.0 Å². The molecule has 1 aromatic rings. The lowest BCUT2D eigenvalue weighted by Gasteiger charge is -2.21. The van der Waals surface area contributed by atoms with Gasteiger partial charge in [0.25, 0.3) is 0 Å². The molecule has 0 amide bonds. The summed E-state index contributed by atoms with van der Waals surface area (Å²) in [6, 6.07) is 5.30. The van der Waals surface area contributed by atoms with Crippen LogP contribution in [0.2, 0.25) is 10.0 Å². The molecule has 0 aromatic heterocycles. The number of rotatable bonds is 8. The van der Waals surface area contributed by atoms with Crippen molar-refractivity contribution in [2.45, 2.75) is 13.5 Å². The first kappa shape index (κ1) is 17.7. The molecule has 0 aliphatic carbocycles.